The van der Waals surface area contributed by atoms with Gasteiger partial charge in [-0.15, -0.1) is 0 Å². The summed E-state index contributed by atoms with van der Waals surface area (Å²) >= 11 is 0. The van der Waals surface area contributed by atoms with Gasteiger partial charge in [-0.25, -0.2) is 0 Å². The van der Waals surface area contributed by atoms with Gasteiger partial charge in [0.15, 0.2) is 0 Å². The van der Waals surface area contributed by atoms with Crippen LogP contribution in [-0.2, 0) is 30.5 Å². The molecule has 0 radical (unpaired) electrons. The van der Waals surface area contributed by atoms with Crippen molar-refractivity contribution < 1.29 is 29.0 Å². The molecule has 0 aromatic heterocycles. The molecule has 1 aromatic carbocycles. The third-order valence-corrected chi connectivity index (χ3v) is 4.49. The summed E-state index contributed by atoms with van der Waals surface area (Å²) in [5.74, 6) is -3.42. The Labute approximate surface area is 140 Å². The van der Waals surface area contributed by atoms with Crippen molar-refractivity contribution in [1.29, 1.82) is 0 Å². The van der Waals surface area contributed by atoms with E-state index in [0.29, 0.717) is 12.8 Å². The predicted octanol–water partition coefficient (Wildman–Crippen LogP) is 2.41. The Hall–Kier alpha value is -2.37. The number of carboxylic acid groups (broad SMARTS) is 1. The standard InChI is InChI=1S/C18H22O6/c1-23-16(19)10-13-7-8-14(15(9-13)17(20)21)18(22)24-11-12-5-3-2-4-6-12/h2-6,13-15H,7-11H2,1H3,(H,20,21)/t13-,14+,15?/m1/s1. The van der Waals surface area contributed by atoms with Gasteiger partial charge < -0.3 is 14.6 Å². The Bertz CT molecular complexity index is 582. The maximum absolute atomic E-state index is 12.3. The minimum Gasteiger partial charge on any atom is -0.481 e. The molecule has 1 N–H and O–H groups in total. The van der Waals surface area contributed by atoms with E-state index in [9.17, 15) is 19.5 Å². The van der Waals surface area contributed by atoms with Crippen molar-refractivity contribution in [3.63, 3.8) is 0 Å². The van der Waals surface area contributed by atoms with Crippen molar-refractivity contribution in [2.45, 2.75) is 32.3 Å². The molecule has 6 heteroatoms. The molecule has 24 heavy (non-hydrogen) atoms. The van der Waals surface area contributed by atoms with Gasteiger partial charge in [-0.3, -0.25) is 14.4 Å². The van der Waals surface area contributed by atoms with Crippen LogP contribution in [0.25, 0.3) is 0 Å². The number of carboxylic acids is 1. The van der Waals surface area contributed by atoms with Gasteiger partial charge in [0.05, 0.1) is 18.9 Å². The van der Waals surface area contributed by atoms with E-state index in [0.717, 1.165) is 5.56 Å². The molecule has 0 saturated heterocycles. The number of rotatable bonds is 6. The number of carbonyl (C=O) groups excluding carboxylic acids is 2. The molecule has 1 fully saturated rings. The van der Waals surface area contributed by atoms with Crippen molar-refractivity contribution >= 4 is 17.9 Å². The zero-order chi connectivity index (χ0) is 17.5. The van der Waals surface area contributed by atoms with Crippen LogP contribution in [0.4, 0.5) is 0 Å². The van der Waals surface area contributed by atoms with E-state index in [1.165, 1.54) is 7.11 Å². The van der Waals surface area contributed by atoms with E-state index in [2.05, 4.69) is 4.74 Å². The summed E-state index contributed by atoms with van der Waals surface area (Å²) in [7, 11) is 1.31. The van der Waals surface area contributed by atoms with Crippen molar-refractivity contribution in [3.8, 4) is 0 Å². The van der Waals surface area contributed by atoms with Crippen molar-refractivity contribution in [2.24, 2.45) is 17.8 Å². The topological polar surface area (TPSA) is 89.9 Å². The number of hydrogen-bond donors (Lipinski definition) is 1. The van der Waals surface area contributed by atoms with E-state index in [1.54, 1.807) is 0 Å². The van der Waals surface area contributed by atoms with E-state index in [1.807, 2.05) is 30.3 Å². The quantitative estimate of drug-likeness (QED) is 0.804. The second kappa shape index (κ2) is 8.47. The zero-order valence-electron chi connectivity index (χ0n) is 13.6. The van der Waals surface area contributed by atoms with Crippen LogP contribution in [0.15, 0.2) is 30.3 Å². The number of aliphatic carboxylic acids is 1. The number of methoxy groups -OCH3 is 1. The third kappa shape index (κ3) is 4.81. The summed E-state index contributed by atoms with van der Waals surface area (Å²) in [6.45, 7) is 0.133. The highest BCUT2D eigenvalue weighted by Gasteiger charge is 2.40. The normalized spacial score (nSPS) is 23.3. The Morgan fingerprint density at radius 3 is 2.46 bits per heavy atom. The largest absolute Gasteiger partial charge is 0.481 e. The molecule has 0 spiro atoms. The monoisotopic (exact) mass is 334 g/mol. The maximum Gasteiger partial charge on any atom is 0.310 e. The molecule has 1 saturated carbocycles. The van der Waals surface area contributed by atoms with Gasteiger partial charge in [-0.2, -0.15) is 0 Å². The average molecular weight is 334 g/mol. The fourth-order valence-electron chi connectivity index (χ4n) is 3.15. The lowest BCUT2D eigenvalue weighted by atomic mass is 9.73. The van der Waals surface area contributed by atoms with Gasteiger partial charge in [-0.05, 0) is 30.7 Å². The fourth-order valence-corrected chi connectivity index (χ4v) is 3.15. The predicted molar refractivity (Wildman–Crippen MR) is 84.8 cm³/mol. The molecule has 6 nitrogen and oxygen atoms in total. The van der Waals surface area contributed by atoms with Crippen LogP contribution < -0.4 is 0 Å². The molecule has 0 aliphatic heterocycles. The summed E-state index contributed by atoms with van der Waals surface area (Å²) in [4.78, 5) is 35.2. The fraction of sp³-hybridized carbons (Fsp3) is 0.500. The summed E-state index contributed by atoms with van der Waals surface area (Å²) in [6.07, 6.45) is 1.50. The van der Waals surface area contributed by atoms with Crippen LogP contribution in [-0.4, -0.2) is 30.1 Å². The molecule has 0 amide bonds. The Balaban J connectivity index is 1.94. The van der Waals surface area contributed by atoms with E-state index in [-0.39, 0.29) is 31.3 Å². The number of hydrogen-bond acceptors (Lipinski definition) is 5. The summed E-state index contributed by atoms with van der Waals surface area (Å²) < 4.78 is 9.92. The number of benzene rings is 1. The van der Waals surface area contributed by atoms with Gasteiger partial charge in [0.1, 0.15) is 6.61 Å². The highest BCUT2D eigenvalue weighted by Crippen LogP contribution is 2.36. The van der Waals surface area contributed by atoms with Crippen molar-refractivity contribution in [1.82, 2.24) is 0 Å². The molecule has 0 heterocycles. The molecular weight excluding hydrogens is 312 g/mol. The van der Waals surface area contributed by atoms with Crippen molar-refractivity contribution in [3.05, 3.63) is 35.9 Å². The van der Waals surface area contributed by atoms with Crippen LogP contribution in [0.1, 0.15) is 31.2 Å². The van der Waals surface area contributed by atoms with Gasteiger partial charge in [0.2, 0.25) is 0 Å². The average Bonchev–Trinajstić information content (AvgIpc) is 2.60. The Morgan fingerprint density at radius 1 is 1.12 bits per heavy atom. The maximum atomic E-state index is 12.3. The minimum atomic E-state index is -1.02. The first-order valence-corrected chi connectivity index (χ1v) is 8.01. The first-order valence-electron chi connectivity index (χ1n) is 8.01. The minimum absolute atomic E-state index is 0.0725. The lowest BCUT2D eigenvalue weighted by Crippen LogP contribution is -2.37. The van der Waals surface area contributed by atoms with Crippen LogP contribution in [0.5, 0.6) is 0 Å². The highest BCUT2D eigenvalue weighted by atomic mass is 16.5. The van der Waals surface area contributed by atoms with E-state index in [4.69, 9.17) is 4.74 Å². The van der Waals surface area contributed by atoms with Gasteiger partial charge in [0.25, 0.3) is 0 Å². The summed E-state index contributed by atoms with van der Waals surface area (Å²) in [5, 5.41) is 9.43. The molecule has 130 valence electrons. The smallest absolute Gasteiger partial charge is 0.310 e. The lowest BCUT2D eigenvalue weighted by molar-refractivity contribution is -0.162. The molecule has 0 bridgehead atoms. The van der Waals surface area contributed by atoms with Gasteiger partial charge >= 0.3 is 17.9 Å². The highest BCUT2D eigenvalue weighted by molar-refractivity contribution is 5.81. The second-order valence-electron chi connectivity index (χ2n) is 6.10. The third-order valence-electron chi connectivity index (χ3n) is 4.49. The Kier molecular flexibility index (Phi) is 6.35. The van der Waals surface area contributed by atoms with Crippen LogP contribution in [0.2, 0.25) is 0 Å². The van der Waals surface area contributed by atoms with E-state index < -0.39 is 23.8 Å². The molecular formula is C18H22O6. The number of esters is 2. The SMILES string of the molecule is COC(=O)C[C@@H]1CC[C@H](C(=O)OCc2ccccc2)C(C(=O)O)C1. The lowest BCUT2D eigenvalue weighted by Gasteiger charge is -2.31. The Morgan fingerprint density at radius 2 is 1.83 bits per heavy atom. The first kappa shape index (κ1) is 18.0. The zero-order valence-corrected chi connectivity index (χ0v) is 13.6. The van der Waals surface area contributed by atoms with Gasteiger partial charge in [-0.1, -0.05) is 30.3 Å². The molecule has 3 atom stereocenters. The van der Waals surface area contributed by atoms with Crippen LogP contribution in [0.3, 0.4) is 0 Å². The number of ether oxygens (including phenoxy) is 2. The van der Waals surface area contributed by atoms with Crippen LogP contribution in [0, 0.1) is 17.8 Å². The molecule has 1 aliphatic rings. The first-order chi connectivity index (χ1) is 11.5. The van der Waals surface area contributed by atoms with Crippen molar-refractivity contribution in [2.75, 3.05) is 7.11 Å². The summed E-state index contributed by atoms with van der Waals surface area (Å²) in [6, 6.07) is 9.25. The molecule has 2 rings (SSSR count). The van der Waals surface area contributed by atoms with E-state index >= 15 is 0 Å². The number of carbonyl (C=O) groups is 3. The van der Waals surface area contributed by atoms with Gasteiger partial charge in [0, 0.05) is 6.42 Å². The second-order valence-corrected chi connectivity index (χ2v) is 6.10. The van der Waals surface area contributed by atoms with Crippen LogP contribution >= 0.6 is 0 Å². The molecule has 1 aliphatic carbocycles. The summed E-state index contributed by atoms with van der Waals surface area (Å²) in [5.41, 5.74) is 0.858. The molecule has 1 aromatic rings. The molecule has 1 unspecified atom stereocenters.